The van der Waals surface area contributed by atoms with Gasteiger partial charge < -0.3 is 14.8 Å². The van der Waals surface area contributed by atoms with Crippen LogP contribution in [0.15, 0.2) is 23.1 Å². The van der Waals surface area contributed by atoms with Gasteiger partial charge in [0.1, 0.15) is 5.75 Å². The van der Waals surface area contributed by atoms with Gasteiger partial charge in [0.2, 0.25) is 10.0 Å². The van der Waals surface area contributed by atoms with E-state index < -0.39 is 15.6 Å². The molecular formula is C14H22N2O4S. The number of hydrogen-bond donors (Lipinski definition) is 2. The van der Waals surface area contributed by atoms with Crippen molar-refractivity contribution in [1.82, 2.24) is 10.0 Å². The number of methoxy groups -OCH3 is 1. The summed E-state index contributed by atoms with van der Waals surface area (Å²) in [6, 6.07) is 4.87. The van der Waals surface area contributed by atoms with E-state index in [1.165, 1.54) is 0 Å². The first-order chi connectivity index (χ1) is 9.90. The van der Waals surface area contributed by atoms with Crippen LogP contribution < -0.4 is 14.8 Å². The molecule has 6 nitrogen and oxygen atoms in total. The molecule has 1 fully saturated rings. The molecule has 1 aliphatic rings. The lowest BCUT2D eigenvalue weighted by Gasteiger charge is -2.23. The summed E-state index contributed by atoms with van der Waals surface area (Å²) in [6.07, 6.45) is 0.672. The van der Waals surface area contributed by atoms with Gasteiger partial charge in [0.25, 0.3) is 0 Å². The standard InChI is InChI=1S/C14H22N2O4S/c1-14(6-7-20-10-14)16-21(17,18)12-4-5-13(19-3)11(8-12)9-15-2/h4-5,8,15-16H,6-7,9-10H2,1-3H3. The average molecular weight is 314 g/mol. The number of ether oxygens (including phenoxy) is 2. The molecule has 1 saturated heterocycles. The van der Waals surface area contributed by atoms with Crippen molar-refractivity contribution in [1.29, 1.82) is 0 Å². The molecule has 1 aliphatic heterocycles. The van der Waals surface area contributed by atoms with E-state index in [1.54, 1.807) is 32.4 Å². The fourth-order valence-electron chi connectivity index (χ4n) is 2.38. The minimum atomic E-state index is -3.58. The van der Waals surface area contributed by atoms with Crippen molar-refractivity contribution in [3.8, 4) is 5.75 Å². The Morgan fingerprint density at radius 2 is 2.19 bits per heavy atom. The van der Waals surface area contributed by atoms with Gasteiger partial charge in [0.05, 0.1) is 24.2 Å². The Bertz CT molecular complexity index is 595. The lowest BCUT2D eigenvalue weighted by atomic mass is 10.0. The van der Waals surface area contributed by atoms with Gasteiger partial charge in [0.15, 0.2) is 0 Å². The van der Waals surface area contributed by atoms with Gasteiger partial charge in [-0.2, -0.15) is 0 Å². The Kier molecular flexibility index (Phi) is 4.88. The van der Waals surface area contributed by atoms with Crippen LogP contribution in [0.4, 0.5) is 0 Å². The summed E-state index contributed by atoms with van der Waals surface area (Å²) in [5.74, 6) is 0.665. The fraction of sp³-hybridized carbons (Fsp3) is 0.571. The van der Waals surface area contributed by atoms with Crippen LogP contribution in [-0.2, 0) is 21.3 Å². The normalized spacial score (nSPS) is 22.4. The Hall–Kier alpha value is -1.15. The van der Waals surface area contributed by atoms with Gasteiger partial charge >= 0.3 is 0 Å². The lowest BCUT2D eigenvalue weighted by molar-refractivity contribution is 0.178. The molecule has 7 heteroatoms. The zero-order valence-corrected chi connectivity index (χ0v) is 13.4. The second-order valence-electron chi connectivity index (χ2n) is 5.47. The molecule has 1 heterocycles. The molecule has 1 aromatic carbocycles. The maximum atomic E-state index is 12.5. The van der Waals surface area contributed by atoms with E-state index in [2.05, 4.69) is 10.0 Å². The zero-order chi connectivity index (χ0) is 15.5. The smallest absolute Gasteiger partial charge is 0.241 e. The van der Waals surface area contributed by atoms with E-state index in [0.717, 1.165) is 5.56 Å². The van der Waals surface area contributed by atoms with E-state index in [9.17, 15) is 8.42 Å². The lowest BCUT2D eigenvalue weighted by Crippen LogP contribution is -2.46. The molecule has 0 spiro atoms. The average Bonchev–Trinajstić information content (AvgIpc) is 2.84. The van der Waals surface area contributed by atoms with Crippen molar-refractivity contribution >= 4 is 10.0 Å². The minimum absolute atomic E-state index is 0.238. The first kappa shape index (κ1) is 16.2. The molecule has 1 unspecified atom stereocenters. The Balaban J connectivity index is 2.29. The van der Waals surface area contributed by atoms with E-state index in [0.29, 0.717) is 31.9 Å². The van der Waals surface area contributed by atoms with Crippen molar-refractivity contribution in [2.24, 2.45) is 0 Å². The molecule has 2 rings (SSSR count). The molecule has 21 heavy (non-hydrogen) atoms. The monoisotopic (exact) mass is 314 g/mol. The van der Waals surface area contributed by atoms with Crippen LogP contribution in [0.3, 0.4) is 0 Å². The molecule has 0 radical (unpaired) electrons. The van der Waals surface area contributed by atoms with E-state index in [-0.39, 0.29) is 4.90 Å². The Labute approximate surface area is 125 Å². The largest absolute Gasteiger partial charge is 0.496 e. The second-order valence-corrected chi connectivity index (χ2v) is 7.16. The van der Waals surface area contributed by atoms with Crippen molar-refractivity contribution in [2.45, 2.75) is 30.3 Å². The molecule has 0 aliphatic carbocycles. The summed E-state index contributed by atoms with van der Waals surface area (Å²) in [4.78, 5) is 0.238. The second kappa shape index (κ2) is 6.31. The third-order valence-corrected chi connectivity index (χ3v) is 5.17. The number of rotatable bonds is 6. The molecule has 2 N–H and O–H groups in total. The van der Waals surface area contributed by atoms with E-state index >= 15 is 0 Å². The first-order valence-corrected chi connectivity index (χ1v) is 8.32. The quantitative estimate of drug-likeness (QED) is 0.815. The number of hydrogen-bond acceptors (Lipinski definition) is 5. The SMILES string of the molecule is CNCc1cc(S(=O)(=O)NC2(C)CCOC2)ccc1OC. The first-order valence-electron chi connectivity index (χ1n) is 6.83. The molecule has 0 amide bonds. The molecule has 1 atom stereocenters. The molecule has 0 aromatic heterocycles. The number of nitrogens with one attached hydrogen (secondary N) is 2. The summed E-state index contributed by atoms with van der Waals surface area (Å²) in [5.41, 5.74) is 0.262. The number of benzene rings is 1. The van der Waals surface area contributed by atoms with Crippen LogP contribution in [0.1, 0.15) is 18.9 Å². The highest BCUT2D eigenvalue weighted by Gasteiger charge is 2.34. The minimum Gasteiger partial charge on any atom is -0.496 e. The van der Waals surface area contributed by atoms with Crippen molar-refractivity contribution in [2.75, 3.05) is 27.4 Å². The van der Waals surface area contributed by atoms with Crippen molar-refractivity contribution in [3.05, 3.63) is 23.8 Å². The van der Waals surface area contributed by atoms with Crippen LogP contribution in [0.5, 0.6) is 5.75 Å². The van der Waals surface area contributed by atoms with Crippen molar-refractivity contribution < 1.29 is 17.9 Å². The third kappa shape index (κ3) is 3.74. The highest BCUT2D eigenvalue weighted by molar-refractivity contribution is 7.89. The number of sulfonamides is 1. The van der Waals surface area contributed by atoms with Crippen LogP contribution in [0.2, 0.25) is 0 Å². The summed E-state index contributed by atoms with van der Waals surface area (Å²) >= 11 is 0. The topological polar surface area (TPSA) is 76.7 Å². The maximum absolute atomic E-state index is 12.5. The molecule has 1 aromatic rings. The summed E-state index contributed by atoms with van der Waals surface area (Å²) < 4.78 is 38.3. The van der Waals surface area contributed by atoms with Crippen molar-refractivity contribution in [3.63, 3.8) is 0 Å². The highest BCUT2D eigenvalue weighted by atomic mass is 32.2. The Morgan fingerprint density at radius 1 is 1.43 bits per heavy atom. The predicted octanol–water partition coefficient (Wildman–Crippen LogP) is 0.872. The van der Waals surface area contributed by atoms with Crippen LogP contribution >= 0.6 is 0 Å². The van der Waals surface area contributed by atoms with Crippen LogP contribution in [0.25, 0.3) is 0 Å². The van der Waals surface area contributed by atoms with Gasteiger partial charge in [-0.15, -0.1) is 0 Å². The van der Waals surface area contributed by atoms with Crippen LogP contribution in [0, 0.1) is 0 Å². The zero-order valence-electron chi connectivity index (χ0n) is 12.6. The van der Waals surface area contributed by atoms with Crippen LogP contribution in [-0.4, -0.2) is 41.3 Å². The summed E-state index contributed by atoms with van der Waals surface area (Å²) in [5, 5.41) is 3.00. The molecule has 0 saturated carbocycles. The summed E-state index contributed by atoms with van der Waals surface area (Å²) in [6.45, 7) is 3.36. The van der Waals surface area contributed by atoms with Gasteiger partial charge in [0, 0.05) is 18.7 Å². The van der Waals surface area contributed by atoms with E-state index in [1.807, 2.05) is 6.92 Å². The highest BCUT2D eigenvalue weighted by Crippen LogP contribution is 2.25. The van der Waals surface area contributed by atoms with E-state index in [4.69, 9.17) is 9.47 Å². The molecular weight excluding hydrogens is 292 g/mol. The van der Waals surface area contributed by atoms with Gasteiger partial charge in [-0.1, -0.05) is 0 Å². The van der Waals surface area contributed by atoms with Gasteiger partial charge in [-0.3, -0.25) is 0 Å². The van der Waals surface area contributed by atoms with Gasteiger partial charge in [-0.05, 0) is 38.6 Å². The van der Waals surface area contributed by atoms with Gasteiger partial charge in [-0.25, -0.2) is 13.1 Å². The third-order valence-electron chi connectivity index (χ3n) is 3.53. The maximum Gasteiger partial charge on any atom is 0.241 e. The predicted molar refractivity (Wildman–Crippen MR) is 79.9 cm³/mol. The summed E-state index contributed by atoms with van der Waals surface area (Å²) in [7, 11) is -0.213. The molecule has 0 bridgehead atoms. The fourth-order valence-corrected chi connectivity index (χ4v) is 3.85. The Morgan fingerprint density at radius 3 is 2.76 bits per heavy atom. The molecule has 118 valence electrons.